The highest BCUT2D eigenvalue weighted by atomic mass is 19.4. The van der Waals surface area contributed by atoms with Gasteiger partial charge in [-0.15, -0.1) is 0 Å². The molecule has 0 N–H and O–H groups in total. The molecular weight excluding hydrogens is 1300 g/mol. The van der Waals surface area contributed by atoms with E-state index >= 15 is 0 Å². The number of rotatable bonds is 25. The molecule has 79 heavy (non-hydrogen) atoms. The Kier molecular flexibility index (Phi) is 17.2. The second kappa shape index (κ2) is 18.0. The van der Waals surface area contributed by atoms with Crippen molar-refractivity contribution in [3.63, 3.8) is 0 Å². The first-order chi connectivity index (χ1) is 32.9. The fourth-order valence-electron chi connectivity index (χ4n) is 4.99. The van der Waals surface area contributed by atoms with Crippen LogP contribution in [-0.2, 0) is 0 Å². The van der Waals surface area contributed by atoms with Gasteiger partial charge in [0.2, 0.25) is 0 Å². The van der Waals surface area contributed by atoms with Gasteiger partial charge in [-0.3, -0.25) is 0 Å². The summed E-state index contributed by atoms with van der Waals surface area (Å²) in [4.78, 5) is 0. The van der Waals surface area contributed by atoms with Gasteiger partial charge in [0, 0.05) is 12.8 Å². The Morgan fingerprint density at radius 3 is 0.291 bits per heavy atom. The van der Waals surface area contributed by atoms with Gasteiger partial charge in [0.1, 0.15) is 0 Å². The molecule has 476 valence electrons. The second-order valence-corrected chi connectivity index (χ2v) is 15.9. The highest BCUT2D eigenvalue weighted by Gasteiger charge is 3.05. The van der Waals surface area contributed by atoms with E-state index in [1.54, 1.807) is 0 Å². The van der Waals surface area contributed by atoms with Crippen LogP contribution in [0.4, 0.5) is 220 Å². The monoisotopic (exact) mass is 1310 g/mol. The third-order valence-corrected chi connectivity index (χ3v) is 10.4. The van der Waals surface area contributed by atoms with E-state index < -0.39 is 175 Å². The van der Waals surface area contributed by atoms with Gasteiger partial charge in [-0.25, -0.2) is 0 Å². The van der Waals surface area contributed by atoms with Crippen molar-refractivity contribution < 1.29 is 220 Å². The van der Waals surface area contributed by atoms with Crippen LogP contribution >= 0.6 is 0 Å². The van der Waals surface area contributed by atoms with Crippen molar-refractivity contribution >= 4 is 0 Å². The highest BCUT2D eigenvalue weighted by Crippen LogP contribution is 2.73. The molecule has 0 aromatic rings. The van der Waals surface area contributed by atoms with Crippen molar-refractivity contribution in [1.82, 2.24) is 0 Å². The average Bonchev–Trinajstić information content (AvgIpc) is 3.21. The topological polar surface area (TPSA) is 0 Å². The average molecular weight is 1310 g/mol. The lowest BCUT2D eigenvalue weighted by atomic mass is 9.81. The van der Waals surface area contributed by atoms with E-state index in [9.17, 15) is 220 Å². The van der Waals surface area contributed by atoms with Gasteiger partial charge >= 0.3 is 148 Å². The van der Waals surface area contributed by atoms with E-state index in [-0.39, 0.29) is 0 Å². The smallest absolute Gasteiger partial charge is 0.200 e. The fourth-order valence-corrected chi connectivity index (χ4v) is 4.99. The van der Waals surface area contributed by atoms with Gasteiger partial charge in [-0.05, 0) is 0 Å². The first-order valence-corrected chi connectivity index (χ1v) is 17.4. The molecule has 0 aromatic heterocycles. The van der Waals surface area contributed by atoms with Crippen LogP contribution in [0.2, 0.25) is 0 Å². The molecule has 0 aromatic carbocycles. The van der Waals surface area contributed by atoms with Crippen molar-refractivity contribution in [2.24, 2.45) is 5.92 Å². The number of hydrogen-bond donors (Lipinski definition) is 0. The van der Waals surface area contributed by atoms with Gasteiger partial charge in [0.15, 0.2) is 0 Å². The SMILES string of the molecule is CC(C)C(F)(F)C(F)(F)C(F)(F)C(F)(F)C(F)(F)C(F)(F)C(F)(F)C(F)(F)C(F)(F)C(F)(F)C(F)(F)C(F)(F)C(F)(F)C(F)(F)C(F)(F)C(F)(F)C(F)(F)C(F)(F)C(F)(F)C(F)(F)C(F)(F)C(F)(F)C(F)(F)C(F)(F)C(C)(F)F. The lowest BCUT2D eigenvalue weighted by Crippen LogP contribution is -2.81. The summed E-state index contributed by atoms with van der Waals surface area (Å²) in [5.41, 5.74) is 0. The van der Waals surface area contributed by atoms with E-state index in [2.05, 4.69) is 0 Å². The standard InChI is InChI=1S/C29H10F50/c1-4(2)6(32,33)8(36,37)10(40,41)12(44,45)14(48,49)16(52,53)18(56,57)20(60,61)22(64,65)24(68,69)26(72,73)28(76,77)29(78,79)27(74,75)25(70,71)23(66,67)21(62,63)19(58,59)17(54,55)15(50,51)13(46,47)11(42,43)9(38,39)7(34,35)5(3,30)31/h4H,1-3H3. The maximum absolute atomic E-state index is 14.2. The number of halogens is 50. The zero-order valence-electron chi connectivity index (χ0n) is 35.0. The van der Waals surface area contributed by atoms with Crippen LogP contribution in [0.1, 0.15) is 20.8 Å². The normalized spacial score (nSPS) is 17.5. The highest BCUT2D eigenvalue weighted by molar-refractivity contribution is 5.25. The Morgan fingerprint density at radius 1 is 0.139 bits per heavy atom. The Bertz CT molecular complexity index is 2190. The Balaban J connectivity index is 8.24. The van der Waals surface area contributed by atoms with Crippen LogP contribution < -0.4 is 0 Å². The molecule has 0 nitrogen and oxygen atoms in total. The van der Waals surface area contributed by atoms with Crippen LogP contribution in [0.15, 0.2) is 0 Å². The van der Waals surface area contributed by atoms with E-state index in [1.165, 1.54) is 0 Å². The van der Waals surface area contributed by atoms with Gasteiger partial charge in [0.05, 0.1) is 0 Å². The molecule has 0 amide bonds. The van der Waals surface area contributed by atoms with E-state index in [0.29, 0.717) is 0 Å². The maximum atomic E-state index is 14.2. The van der Waals surface area contributed by atoms with Crippen molar-refractivity contribution in [3.8, 4) is 0 Å². The summed E-state index contributed by atoms with van der Waals surface area (Å²) in [7, 11) is 0. The largest absolute Gasteiger partial charge is 0.385 e. The molecule has 0 atom stereocenters. The molecule has 0 aliphatic rings. The van der Waals surface area contributed by atoms with E-state index in [0.717, 1.165) is 0 Å². The quantitative estimate of drug-likeness (QED) is 0.0799. The molecule has 0 saturated heterocycles. The summed E-state index contributed by atoms with van der Waals surface area (Å²) in [6, 6.07) is 0. The molecule has 0 aliphatic carbocycles. The molecule has 0 bridgehead atoms. The molecular formula is C29H10F50. The fraction of sp³-hybridized carbons (Fsp3) is 1.00. The first-order valence-electron chi connectivity index (χ1n) is 17.4. The molecule has 0 rings (SSSR count). The molecule has 50 heteroatoms. The van der Waals surface area contributed by atoms with Crippen molar-refractivity contribution in [2.45, 2.75) is 169 Å². The molecule has 0 saturated carbocycles. The van der Waals surface area contributed by atoms with Crippen molar-refractivity contribution in [3.05, 3.63) is 0 Å². The lowest BCUT2D eigenvalue weighted by Gasteiger charge is -2.48. The van der Waals surface area contributed by atoms with Crippen LogP contribution in [0.3, 0.4) is 0 Å². The predicted molar refractivity (Wildman–Crippen MR) is 144 cm³/mol. The van der Waals surface area contributed by atoms with Gasteiger partial charge in [-0.2, -0.15) is 220 Å². The van der Waals surface area contributed by atoms with E-state index in [4.69, 9.17) is 0 Å². The zero-order valence-corrected chi connectivity index (χ0v) is 35.0. The summed E-state index contributed by atoms with van der Waals surface area (Å²) >= 11 is 0. The minimum atomic E-state index is -10.9. The van der Waals surface area contributed by atoms with Gasteiger partial charge < -0.3 is 0 Å². The summed E-state index contributed by atoms with van der Waals surface area (Å²) < 4.78 is 696. The van der Waals surface area contributed by atoms with Crippen LogP contribution in [-0.4, -0.2) is 148 Å². The summed E-state index contributed by atoms with van der Waals surface area (Å²) in [6.45, 7) is -2.95. The van der Waals surface area contributed by atoms with Gasteiger partial charge in [-0.1, -0.05) is 13.8 Å². The maximum Gasteiger partial charge on any atom is 0.385 e. The van der Waals surface area contributed by atoms with Crippen molar-refractivity contribution in [2.75, 3.05) is 0 Å². The molecule has 0 unspecified atom stereocenters. The molecule has 0 aliphatic heterocycles. The van der Waals surface area contributed by atoms with Crippen LogP contribution in [0.25, 0.3) is 0 Å². The van der Waals surface area contributed by atoms with Gasteiger partial charge in [0.25, 0.3) is 0 Å². The second-order valence-electron chi connectivity index (χ2n) is 15.9. The Labute approximate surface area is 395 Å². The lowest BCUT2D eigenvalue weighted by molar-refractivity contribution is -0.498. The minimum Gasteiger partial charge on any atom is -0.200 e. The minimum absolute atomic E-state index is 0.549. The Morgan fingerprint density at radius 2 is 0.215 bits per heavy atom. The zero-order chi connectivity index (χ0) is 66.1. The molecule has 0 heterocycles. The van der Waals surface area contributed by atoms with Crippen LogP contribution in [0, 0.1) is 5.92 Å². The first kappa shape index (κ1) is 75.5. The summed E-state index contributed by atoms with van der Waals surface area (Å²) in [6.07, 6.45) is 0. The number of alkyl halides is 50. The van der Waals surface area contributed by atoms with Crippen LogP contribution in [0.5, 0.6) is 0 Å². The predicted octanol–water partition coefficient (Wildman–Crippen LogP) is 17.5. The summed E-state index contributed by atoms with van der Waals surface area (Å²) in [5, 5.41) is 0. The third kappa shape index (κ3) is 8.20. The van der Waals surface area contributed by atoms with Crippen molar-refractivity contribution in [1.29, 1.82) is 0 Å². The molecule has 0 radical (unpaired) electrons. The molecule has 0 spiro atoms. The van der Waals surface area contributed by atoms with E-state index in [1.807, 2.05) is 0 Å². The number of hydrogen-bond acceptors (Lipinski definition) is 0. The molecule has 0 fully saturated rings. The Hall–Kier alpha value is -3.50. The third-order valence-electron chi connectivity index (χ3n) is 10.4. The summed E-state index contributed by atoms with van der Waals surface area (Å²) in [5.74, 6) is -255.